The van der Waals surface area contributed by atoms with Crippen LogP contribution < -0.4 is 5.73 Å². The van der Waals surface area contributed by atoms with Crippen molar-refractivity contribution in [2.75, 3.05) is 19.8 Å². The number of rotatable bonds is 4. The lowest BCUT2D eigenvalue weighted by molar-refractivity contribution is 0.521. The highest BCUT2D eigenvalue weighted by atomic mass is 32.2. The zero-order valence-corrected chi connectivity index (χ0v) is 17.7. The van der Waals surface area contributed by atoms with Gasteiger partial charge in [-0.3, -0.25) is 0 Å². The van der Waals surface area contributed by atoms with Crippen molar-refractivity contribution < 1.29 is 8.42 Å². The zero-order chi connectivity index (χ0) is 22.1. The third kappa shape index (κ3) is 3.65. The maximum absolute atomic E-state index is 12.3. The van der Waals surface area contributed by atoms with E-state index in [1.54, 1.807) is 18.2 Å². The summed E-state index contributed by atoms with van der Waals surface area (Å²) >= 11 is 0. The number of aryl methyl sites for hydroxylation is 1. The minimum absolute atomic E-state index is 0.109. The molecule has 0 fully saturated rings. The molecule has 3 aromatic carbocycles. The molecule has 0 spiro atoms. The van der Waals surface area contributed by atoms with Crippen LogP contribution in [0.2, 0.25) is 0 Å². The highest BCUT2D eigenvalue weighted by molar-refractivity contribution is 7.89. The lowest BCUT2D eigenvalue weighted by Gasteiger charge is -2.15. The molecule has 30 heavy (non-hydrogen) atoms. The van der Waals surface area contributed by atoms with Gasteiger partial charge in [0.2, 0.25) is 10.0 Å². The third-order valence-electron chi connectivity index (χ3n) is 4.90. The van der Waals surface area contributed by atoms with E-state index in [1.165, 1.54) is 26.2 Å². The van der Waals surface area contributed by atoms with E-state index in [0.29, 0.717) is 16.7 Å². The average Bonchev–Trinajstić information content (AvgIpc) is 2.73. The van der Waals surface area contributed by atoms with Crippen LogP contribution in [-0.2, 0) is 10.0 Å². The van der Waals surface area contributed by atoms with E-state index in [-0.39, 0.29) is 21.7 Å². The highest BCUT2D eigenvalue weighted by Gasteiger charge is 2.20. The molecule has 0 saturated heterocycles. The van der Waals surface area contributed by atoms with E-state index < -0.39 is 10.0 Å². The zero-order valence-electron chi connectivity index (χ0n) is 16.8. The van der Waals surface area contributed by atoms with Crippen molar-refractivity contribution in [1.29, 1.82) is 10.5 Å². The maximum atomic E-state index is 12.3. The first kappa shape index (κ1) is 21.1. The number of hydrogen-bond donors (Lipinski definition) is 1. The fourth-order valence-electron chi connectivity index (χ4n) is 3.15. The largest absolute Gasteiger partial charge is 0.397 e. The lowest BCUT2D eigenvalue weighted by atomic mass is 9.89. The molecule has 0 amide bonds. The van der Waals surface area contributed by atoms with Crippen molar-refractivity contribution in [2.24, 2.45) is 0 Å². The summed E-state index contributed by atoms with van der Waals surface area (Å²) in [6, 6.07) is 19.9. The number of nitriles is 2. The van der Waals surface area contributed by atoms with Gasteiger partial charge in [0.25, 0.3) is 0 Å². The Balaban J connectivity index is 2.24. The molecule has 3 aromatic rings. The van der Waals surface area contributed by atoms with Gasteiger partial charge < -0.3 is 5.73 Å². The van der Waals surface area contributed by atoms with Gasteiger partial charge in [-0.05, 0) is 36.2 Å². The Kier molecular flexibility index (Phi) is 5.62. The van der Waals surface area contributed by atoms with Gasteiger partial charge >= 0.3 is 0 Å². The summed E-state index contributed by atoms with van der Waals surface area (Å²) in [5, 5.41) is 19.4. The van der Waals surface area contributed by atoms with Crippen LogP contribution >= 0.6 is 0 Å². The Morgan fingerprint density at radius 2 is 1.27 bits per heavy atom. The van der Waals surface area contributed by atoms with E-state index in [9.17, 15) is 18.9 Å². The molecule has 0 heterocycles. The molecule has 0 bridgehead atoms. The van der Waals surface area contributed by atoms with Gasteiger partial charge in [-0.1, -0.05) is 42.0 Å². The molecule has 0 aromatic heterocycles. The quantitative estimate of drug-likeness (QED) is 0.648. The minimum atomic E-state index is -3.57. The van der Waals surface area contributed by atoms with Crippen molar-refractivity contribution in [3.8, 4) is 34.4 Å². The van der Waals surface area contributed by atoms with Crippen LogP contribution in [0.15, 0.2) is 59.5 Å². The molecule has 150 valence electrons. The molecule has 0 unspecified atom stereocenters. The Bertz CT molecular complexity index is 1300. The van der Waals surface area contributed by atoms with Crippen LogP contribution in [0.1, 0.15) is 16.7 Å². The molecular weight excluding hydrogens is 396 g/mol. The predicted octanol–water partition coefficient (Wildman–Crippen LogP) is 3.90. The normalized spacial score (nSPS) is 11.1. The molecule has 7 heteroatoms. The Hall–Kier alpha value is -3.65. The molecule has 2 N–H and O–H groups in total. The fourth-order valence-corrected chi connectivity index (χ4v) is 4.05. The van der Waals surface area contributed by atoms with E-state index in [4.69, 9.17) is 5.73 Å². The summed E-state index contributed by atoms with van der Waals surface area (Å²) in [7, 11) is -0.636. The summed E-state index contributed by atoms with van der Waals surface area (Å²) in [4.78, 5) is 0.148. The first-order valence-corrected chi connectivity index (χ1v) is 10.5. The number of nitrogen functional groups attached to an aromatic ring is 1. The Labute approximate surface area is 176 Å². The average molecular weight is 417 g/mol. The van der Waals surface area contributed by atoms with Gasteiger partial charge in [0.1, 0.15) is 12.1 Å². The SMILES string of the molecule is Cc1ccc(-c2cc(-c3ccc(S(=O)(=O)N(C)C)cc3)c(C#N)c(N)c2C#N)cc1. The van der Waals surface area contributed by atoms with Crippen LogP contribution in [0.4, 0.5) is 5.69 Å². The molecule has 0 atom stereocenters. The number of hydrogen-bond acceptors (Lipinski definition) is 5. The second kappa shape index (κ2) is 8.00. The molecular formula is C23H20N4O2S. The smallest absolute Gasteiger partial charge is 0.242 e. The van der Waals surface area contributed by atoms with Crippen LogP contribution in [0.3, 0.4) is 0 Å². The molecule has 0 aliphatic heterocycles. The summed E-state index contributed by atoms with van der Waals surface area (Å²) in [6.07, 6.45) is 0. The molecule has 3 rings (SSSR count). The predicted molar refractivity (Wildman–Crippen MR) is 117 cm³/mol. The number of nitrogens with two attached hydrogens (primary N) is 1. The Morgan fingerprint density at radius 3 is 1.67 bits per heavy atom. The number of sulfonamides is 1. The molecule has 0 aliphatic carbocycles. The number of benzene rings is 3. The fraction of sp³-hybridized carbons (Fsp3) is 0.130. The van der Waals surface area contributed by atoms with Crippen molar-refractivity contribution >= 4 is 15.7 Å². The van der Waals surface area contributed by atoms with Gasteiger partial charge in [-0.25, -0.2) is 12.7 Å². The van der Waals surface area contributed by atoms with E-state index in [1.807, 2.05) is 31.2 Å². The third-order valence-corrected chi connectivity index (χ3v) is 6.73. The second-order valence-electron chi connectivity index (χ2n) is 7.04. The van der Waals surface area contributed by atoms with E-state index in [0.717, 1.165) is 15.4 Å². The van der Waals surface area contributed by atoms with Crippen LogP contribution in [0.25, 0.3) is 22.3 Å². The summed E-state index contributed by atoms with van der Waals surface area (Å²) in [5.41, 5.74) is 10.4. The van der Waals surface area contributed by atoms with E-state index >= 15 is 0 Å². The number of anilines is 1. The van der Waals surface area contributed by atoms with Crippen molar-refractivity contribution in [3.63, 3.8) is 0 Å². The summed E-state index contributed by atoms with van der Waals surface area (Å²) in [5.74, 6) is 0. The van der Waals surface area contributed by atoms with Crippen molar-refractivity contribution in [2.45, 2.75) is 11.8 Å². The summed E-state index contributed by atoms with van der Waals surface area (Å²) in [6.45, 7) is 1.97. The van der Waals surface area contributed by atoms with Gasteiger partial charge in [0.05, 0.1) is 21.7 Å². The van der Waals surface area contributed by atoms with Gasteiger partial charge in [0.15, 0.2) is 0 Å². The van der Waals surface area contributed by atoms with Gasteiger partial charge in [0, 0.05) is 25.2 Å². The Morgan fingerprint density at radius 1 is 0.833 bits per heavy atom. The number of nitrogens with zero attached hydrogens (tertiary/aromatic N) is 3. The first-order valence-electron chi connectivity index (χ1n) is 9.07. The van der Waals surface area contributed by atoms with Crippen LogP contribution in [0.5, 0.6) is 0 Å². The van der Waals surface area contributed by atoms with Gasteiger partial charge in [-0.2, -0.15) is 10.5 Å². The highest BCUT2D eigenvalue weighted by Crippen LogP contribution is 2.37. The van der Waals surface area contributed by atoms with Crippen LogP contribution in [-0.4, -0.2) is 26.8 Å². The summed E-state index contributed by atoms with van der Waals surface area (Å²) < 4.78 is 25.8. The maximum Gasteiger partial charge on any atom is 0.242 e. The van der Waals surface area contributed by atoms with Gasteiger partial charge in [-0.15, -0.1) is 0 Å². The van der Waals surface area contributed by atoms with Crippen LogP contribution in [0, 0.1) is 29.6 Å². The lowest BCUT2D eigenvalue weighted by Crippen LogP contribution is -2.22. The first-order chi connectivity index (χ1) is 14.2. The molecule has 0 saturated carbocycles. The molecule has 0 aliphatic rings. The monoisotopic (exact) mass is 416 g/mol. The standard InChI is InChI=1S/C23H20N4O2S/c1-15-4-6-16(7-5-15)19-12-20(22(14-25)23(26)21(19)13-24)17-8-10-18(11-9-17)30(28,29)27(2)3/h4-12H,26H2,1-3H3. The minimum Gasteiger partial charge on any atom is -0.397 e. The molecule has 6 nitrogen and oxygen atoms in total. The topological polar surface area (TPSA) is 111 Å². The van der Waals surface area contributed by atoms with Crippen molar-refractivity contribution in [3.05, 3.63) is 71.3 Å². The van der Waals surface area contributed by atoms with E-state index in [2.05, 4.69) is 12.1 Å². The van der Waals surface area contributed by atoms with Crippen molar-refractivity contribution in [1.82, 2.24) is 4.31 Å². The molecule has 0 radical (unpaired) electrons. The second-order valence-corrected chi connectivity index (χ2v) is 9.19.